The quantitative estimate of drug-likeness (QED) is 0.269. The van der Waals surface area contributed by atoms with E-state index < -0.39 is 11.8 Å². The Hall–Kier alpha value is -3.06. The van der Waals surface area contributed by atoms with E-state index in [0.717, 1.165) is 34.8 Å². The Morgan fingerprint density at radius 3 is 2.34 bits per heavy atom. The molecule has 7 heteroatoms. The second-order valence-corrected chi connectivity index (χ2v) is 11.1. The van der Waals surface area contributed by atoms with Gasteiger partial charge in [-0.2, -0.15) is 11.8 Å². The molecule has 38 heavy (non-hydrogen) atoms. The van der Waals surface area contributed by atoms with Crippen LogP contribution in [0.15, 0.2) is 58.7 Å². The van der Waals surface area contributed by atoms with Gasteiger partial charge in [0.25, 0.3) is 0 Å². The van der Waals surface area contributed by atoms with Gasteiger partial charge in [0.15, 0.2) is 11.5 Å². The van der Waals surface area contributed by atoms with E-state index in [2.05, 4.69) is 26.0 Å². The van der Waals surface area contributed by atoms with Crippen molar-refractivity contribution in [3.8, 4) is 11.5 Å². The maximum Gasteiger partial charge on any atom is 0.336 e. The lowest BCUT2D eigenvalue weighted by Gasteiger charge is -2.38. The number of nitrogens with zero attached hydrogens (tertiary/aromatic N) is 1. The van der Waals surface area contributed by atoms with Crippen LogP contribution in [0.25, 0.3) is 0 Å². The molecule has 202 valence electrons. The molecule has 0 spiro atoms. The molecule has 0 amide bonds. The van der Waals surface area contributed by atoms with Gasteiger partial charge in [-0.05, 0) is 60.3 Å². The minimum absolute atomic E-state index is 0.0206. The van der Waals surface area contributed by atoms with Crippen LogP contribution in [0.1, 0.15) is 62.1 Å². The summed E-state index contributed by atoms with van der Waals surface area (Å²) >= 11 is 1.73. The SMILES string of the molecule is CCSCCOC(=O)C1=C(C)N=C2C[C@@H](c3ccc(OC)c(OC)c3)CC(=O)C2[C@@H]1c1ccc(CC)cc1. The number of carbonyl (C=O) groups excluding carboxylic acids is 2. The summed E-state index contributed by atoms with van der Waals surface area (Å²) in [5, 5.41) is 0. The summed E-state index contributed by atoms with van der Waals surface area (Å²) in [4.78, 5) is 32.1. The Morgan fingerprint density at radius 1 is 0.974 bits per heavy atom. The highest BCUT2D eigenvalue weighted by Gasteiger charge is 2.46. The topological polar surface area (TPSA) is 74.2 Å². The summed E-state index contributed by atoms with van der Waals surface area (Å²) in [7, 11) is 3.22. The van der Waals surface area contributed by atoms with Crippen molar-refractivity contribution in [2.45, 2.75) is 51.9 Å². The van der Waals surface area contributed by atoms with Crippen LogP contribution >= 0.6 is 11.8 Å². The van der Waals surface area contributed by atoms with Gasteiger partial charge in [-0.15, -0.1) is 0 Å². The fourth-order valence-corrected chi connectivity index (χ4v) is 6.01. The Kier molecular flexibility index (Phi) is 9.31. The number of aliphatic imine (C=N–C) groups is 1. The van der Waals surface area contributed by atoms with E-state index in [9.17, 15) is 9.59 Å². The molecule has 0 aromatic heterocycles. The van der Waals surface area contributed by atoms with Gasteiger partial charge >= 0.3 is 5.97 Å². The maximum absolute atomic E-state index is 13.9. The van der Waals surface area contributed by atoms with Crippen LogP contribution in [0.3, 0.4) is 0 Å². The number of carbonyl (C=O) groups is 2. The van der Waals surface area contributed by atoms with Crippen molar-refractivity contribution in [3.05, 3.63) is 70.4 Å². The number of methoxy groups -OCH3 is 2. The lowest BCUT2D eigenvalue weighted by molar-refractivity contribution is -0.139. The van der Waals surface area contributed by atoms with Crippen molar-refractivity contribution in [1.29, 1.82) is 0 Å². The summed E-state index contributed by atoms with van der Waals surface area (Å²) in [5.74, 6) is 1.83. The van der Waals surface area contributed by atoms with E-state index in [0.29, 0.717) is 42.2 Å². The largest absolute Gasteiger partial charge is 0.493 e. The Labute approximate surface area is 229 Å². The number of fused-ring (bicyclic) bond motifs is 1. The van der Waals surface area contributed by atoms with Crippen molar-refractivity contribution in [2.75, 3.05) is 32.3 Å². The molecule has 1 saturated carbocycles. The monoisotopic (exact) mass is 535 g/mol. The second kappa shape index (κ2) is 12.7. The van der Waals surface area contributed by atoms with Crippen molar-refractivity contribution < 1.29 is 23.8 Å². The third kappa shape index (κ3) is 5.83. The van der Waals surface area contributed by atoms with Gasteiger partial charge in [-0.1, -0.05) is 44.2 Å². The minimum Gasteiger partial charge on any atom is -0.493 e. The summed E-state index contributed by atoms with van der Waals surface area (Å²) in [6.07, 6.45) is 1.94. The summed E-state index contributed by atoms with van der Waals surface area (Å²) in [5.41, 5.74) is 5.15. The molecule has 4 rings (SSSR count). The highest BCUT2D eigenvalue weighted by Crippen LogP contribution is 2.46. The predicted molar refractivity (Wildman–Crippen MR) is 153 cm³/mol. The number of benzene rings is 2. The van der Waals surface area contributed by atoms with Crippen molar-refractivity contribution >= 4 is 29.2 Å². The number of esters is 1. The molecule has 2 aromatic carbocycles. The summed E-state index contributed by atoms with van der Waals surface area (Å²) in [6, 6.07) is 14.1. The fourth-order valence-electron chi connectivity index (χ4n) is 5.52. The third-order valence-corrected chi connectivity index (χ3v) is 8.33. The van der Waals surface area contributed by atoms with Gasteiger partial charge in [0, 0.05) is 29.5 Å². The normalized spacial score (nSPS) is 21.0. The number of hydrogen-bond donors (Lipinski definition) is 0. The van der Waals surface area contributed by atoms with E-state index in [1.165, 1.54) is 5.56 Å². The summed E-state index contributed by atoms with van der Waals surface area (Å²) in [6.45, 7) is 6.39. The van der Waals surface area contributed by atoms with Crippen LogP contribution in [0.2, 0.25) is 0 Å². The first kappa shape index (κ1) is 28.0. The van der Waals surface area contributed by atoms with Gasteiger partial charge in [-0.3, -0.25) is 9.79 Å². The molecule has 0 bridgehead atoms. The number of hydrogen-bond acceptors (Lipinski definition) is 7. The average Bonchev–Trinajstić information content (AvgIpc) is 2.94. The minimum atomic E-state index is -0.477. The van der Waals surface area contributed by atoms with Crippen LogP contribution in [0.4, 0.5) is 0 Å². The van der Waals surface area contributed by atoms with E-state index in [4.69, 9.17) is 19.2 Å². The predicted octanol–water partition coefficient (Wildman–Crippen LogP) is 6.14. The van der Waals surface area contributed by atoms with Gasteiger partial charge in [0.1, 0.15) is 12.4 Å². The van der Waals surface area contributed by atoms with E-state index in [1.807, 2.05) is 37.3 Å². The van der Waals surface area contributed by atoms with Gasteiger partial charge in [-0.25, -0.2) is 4.79 Å². The molecule has 0 N–H and O–H groups in total. The highest BCUT2D eigenvalue weighted by molar-refractivity contribution is 7.99. The highest BCUT2D eigenvalue weighted by atomic mass is 32.2. The number of thioether (sulfide) groups is 1. The first-order valence-electron chi connectivity index (χ1n) is 13.3. The molecule has 2 aromatic rings. The fraction of sp³-hybridized carbons (Fsp3) is 0.452. The van der Waals surface area contributed by atoms with E-state index in [1.54, 1.807) is 26.0 Å². The van der Waals surface area contributed by atoms with Crippen molar-refractivity contribution in [3.63, 3.8) is 0 Å². The third-order valence-electron chi connectivity index (χ3n) is 7.47. The van der Waals surface area contributed by atoms with Crippen molar-refractivity contribution in [2.24, 2.45) is 10.9 Å². The van der Waals surface area contributed by atoms with Gasteiger partial charge in [0.05, 0.1) is 25.7 Å². The Bertz CT molecular complexity index is 1230. The summed E-state index contributed by atoms with van der Waals surface area (Å²) < 4.78 is 16.6. The number of allylic oxidation sites excluding steroid dienone is 1. The molecular weight excluding hydrogens is 498 g/mol. The number of ketones is 1. The smallest absolute Gasteiger partial charge is 0.336 e. The molecule has 1 unspecified atom stereocenters. The van der Waals surface area contributed by atoms with Gasteiger partial charge in [0.2, 0.25) is 0 Å². The van der Waals surface area contributed by atoms with Crippen LogP contribution in [-0.4, -0.2) is 49.8 Å². The average molecular weight is 536 g/mol. The van der Waals surface area contributed by atoms with Crippen molar-refractivity contribution in [1.82, 2.24) is 0 Å². The number of aryl methyl sites for hydroxylation is 1. The second-order valence-electron chi connectivity index (χ2n) is 9.67. The van der Waals surface area contributed by atoms with Crippen LogP contribution in [-0.2, 0) is 20.7 Å². The molecule has 6 nitrogen and oxygen atoms in total. The zero-order valence-electron chi connectivity index (χ0n) is 22.9. The molecule has 1 heterocycles. The molecule has 2 aliphatic rings. The molecule has 0 saturated heterocycles. The molecule has 1 aliphatic carbocycles. The van der Waals surface area contributed by atoms with Crippen LogP contribution in [0.5, 0.6) is 11.5 Å². The zero-order valence-corrected chi connectivity index (χ0v) is 23.7. The van der Waals surface area contributed by atoms with Crippen LogP contribution in [0, 0.1) is 5.92 Å². The standard InChI is InChI=1S/C31H37NO5S/c1-6-20-8-10-21(11-9-20)29-28(31(34)37-14-15-38-7-2)19(3)32-24-16-23(17-25(33)30(24)29)22-12-13-26(35-4)27(18-22)36-5/h8-13,18,23,29-30H,6-7,14-17H2,1-5H3/t23-,29-,30?/m1/s1. The number of Topliss-reactive ketones (excluding diaryl/α,β-unsaturated/α-hetero) is 1. The molecular formula is C31H37NO5S. The number of rotatable bonds is 10. The lowest BCUT2D eigenvalue weighted by Crippen LogP contribution is -2.41. The van der Waals surface area contributed by atoms with Gasteiger partial charge < -0.3 is 14.2 Å². The van der Waals surface area contributed by atoms with E-state index >= 15 is 0 Å². The first-order chi connectivity index (χ1) is 18.4. The molecule has 0 radical (unpaired) electrons. The molecule has 1 fully saturated rings. The lowest BCUT2D eigenvalue weighted by atomic mass is 9.66. The maximum atomic E-state index is 13.9. The zero-order chi connectivity index (χ0) is 27.2. The Morgan fingerprint density at radius 2 is 1.68 bits per heavy atom. The first-order valence-corrected chi connectivity index (χ1v) is 14.4. The molecule has 3 atom stereocenters. The Balaban J connectivity index is 1.71. The molecule has 1 aliphatic heterocycles. The van der Waals surface area contributed by atoms with E-state index in [-0.39, 0.29) is 17.7 Å². The number of ether oxygens (including phenoxy) is 3. The van der Waals surface area contributed by atoms with Crippen LogP contribution < -0.4 is 9.47 Å².